The molecule has 1 heterocycles. The quantitative estimate of drug-likeness (QED) is 0.764. The van der Waals surface area contributed by atoms with E-state index in [9.17, 15) is 4.79 Å². The highest BCUT2D eigenvalue weighted by Crippen LogP contribution is 2.27. The van der Waals surface area contributed by atoms with Crippen LogP contribution in [0.3, 0.4) is 0 Å². The summed E-state index contributed by atoms with van der Waals surface area (Å²) < 4.78 is 15.5. The first-order valence-corrected chi connectivity index (χ1v) is 6.53. The van der Waals surface area contributed by atoms with Crippen LogP contribution < -0.4 is 9.47 Å². The predicted molar refractivity (Wildman–Crippen MR) is 77.8 cm³/mol. The number of hydrogen-bond donors (Lipinski definition) is 0. The first-order chi connectivity index (χ1) is 10.2. The molecule has 0 saturated carbocycles. The van der Waals surface area contributed by atoms with Gasteiger partial charge in [0.25, 0.3) is 0 Å². The Hall–Kier alpha value is -2.56. The van der Waals surface area contributed by atoms with Crippen molar-refractivity contribution in [1.82, 2.24) is 4.98 Å². The summed E-state index contributed by atoms with van der Waals surface area (Å²) in [5.41, 5.74) is 1.31. The predicted octanol–water partition coefficient (Wildman–Crippen LogP) is 2.50. The van der Waals surface area contributed by atoms with Crippen LogP contribution in [0.1, 0.15) is 16.1 Å². The van der Waals surface area contributed by atoms with Gasteiger partial charge in [0.1, 0.15) is 0 Å². The number of pyridine rings is 1. The Bertz CT molecular complexity index is 598. The molecule has 2 rings (SSSR count). The number of methoxy groups -OCH3 is 2. The smallest absolute Gasteiger partial charge is 0.338 e. The number of carbonyl (C=O) groups is 1. The fourth-order valence-electron chi connectivity index (χ4n) is 1.84. The fourth-order valence-corrected chi connectivity index (χ4v) is 1.84. The molecule has 2 aromatic rings. The first-order valence-electron chi connectivity index (χ1n) is 6.53. The molecule has 5 heteroatoms. The lowest BCUT2D eigenvalue weighted by Crippen LogP contribution is -2.09. The van der Waals surface area contributed by atoms with Gasteiger partial charge in [0.2, 0.25) is 0 Å². The summed E-state index contributed by atoms with van der Waals surface area (Å²) in [5, 5.41) is 0. The zero-order valence-electron chi connectivity index (χ0n) is 12.0. The summed E-state index contributed by atoms with van der Waals surface area (Å²) in [6.45, 7) is 0.282. The molecule has 0 fully saturated rings. The lowest BCUT2D eigenvalue weighted by Gasteiger charge is -2.09. The number of hydrogen-bond acceptors (Lipinski definition) is 5. The Morgan fingerprint density at radius 3 is 2.57 bits per heavy atom. The molecule has 21 heavy (non-hydrogen) atoms. The van der Waals surface area contributed by atoms with Crippen molar-refractivity contribution in [2.75, 3.05) is 20.8 Å². The summed E-state index contributed by atoms with van der Waals surface area (Å²) in [4.78, 5) is 16.1. The largest absolute Gasteiger partial charge is 0.493 e. The minimum absolute atomic E-state index is 0.282. The number of ether oxygens (including phenoxy) is 3. The molecule has 0 N–H and O–H groups in total. The summed E-state index contributed by atoms with van der Waals surface area (Å²) >= 11 is 0. The third-order valence-electron chi connectivity index (χ3n) is 2.94. The van der Waals surface area contributed by atoms with Gasteiger partial charge in [-0.05, 0) is 30.3 Å². The maximum Gasteiger partial charge on any atom is 0.338 e. The van der Waals surface area contributed by atoms with Crippen LogP contribution in [0.4, 0.5) is 0 Å². The van der Waals surface area contributed by atoms with Crippen LogP contribution >= 0.6 is 0 Å². The van der Waals surface area contributed by atoms with Crippen molar-refractivity contribution in [3.8, 4) is 11.5 Å². The van der Waals surface area contributed by atoms with E-state index in [0.717, 1.165) is 5.69 Å². The van der Waals surface area contributed by atoms with Crippen molar-refractivity contribution in [3.63, 3.8) is 0 Å². The second kappa shape index (κ2) is 7.28. The average Bonchev–Trinajstić information content (AvgIpc) is 2.55. The molecule has 0 aliphatic heterocycles. The number of nitrogens with zero attached hydrogens (tertiary/aromatic N) is 1. The second-order valence-electron chi connectivity index (χ2n) is 4.28. The summed E-state index contributed by atoms with van der Waals surface area (Å²) in [6.07, 6.45) is 2.30. The van der Waals surface area contributed by atoms with Gasteiger partial charge >= 0.3 is 5.97 Å². The minimum atomic E-state index is -0.396. The number of aromatic nitrogens is 1. The van der Waals surface area contributed by atoms with E-state index in [1.54, 1.807) is 31.5 Å². The van der Waals surface area contributed by atoms with Gasteiger partial charge in [-0.1, -0.05) is 6.07 Å². The highest BCUT2D eigenvalue weighted by atomic mass is 16.5. The normalized spacial score (nSPS) is 10.0. The Kier molecular flexibility index (Phi) is 5.15. The molecule has 0 unspecified atom stereocenters. The molecular formula is C16H17NO4. The Balaban J connectivity index is 1.94. The Morgan fingerprint density at radius 1 is 1.10 bits per heavy atom. The summed E-state index contributed by atoms with van der Waals surface area (Å²) in [7, 11) is 3.07. The van der Waals surface area contributed by atoms with E-state index in [2.05, 4.69) is 4.98 Å². The van der Waals surface area contributed by atoms with Gasteiger partial charge in [-0.15, -0.1) is 0 Å². The molecule has 0 saturated heterocycles. The zero-order valence-corrected chi connectivity index (χ0v) is 12.0. The molecule has 1 aromatic heterocycles. The number of rotatable bonds is 6. The molecule has 0 aliphatic rings. The number of benzene rings is 1. The molecule has 0 atom stereocenters. The second-order valence-corrected chi connectivity index (χ2v) is 4.28. The van der Waals surface area contributed by atoms with Crippen LogP contribution in [0.25, 0.3) is 0 Å². The van der Waals surface area contributed by atoms with Crippen molar-refractivity contribution in [2.24, 2.45) is 0 Å². The van der Waals surface area contributed by atoms with Crippen molar-refractivity contribution in [1.29, 1.82) is 0 Å². The number of carbonyl (C=O) groups excluding carboxylic acids is 1. The van der Waals surface area contributed by atoms with Gasteiger partial charge in [-0.3, -0.25) is 4.98 Å². The summed E-state index contributed by atoms with van der Waals surface area (Å²) in [5.74, 6) is 0.672. The van der Waals surface area contributed by atoms with Crippen LogP contribution in [-0.2, 0) is 11.2 Å². The molecule has 110 valence electrons. The van der Waals surface area contributed by atoms with E-state index in [1.807, 2.05) is 18.2 Å². The van der Waals surface area contributed by atoms with E-state index in [4.69, 9.17) is 14.2 Å². The third-order valence-corrected chi connectivity index (χ3v) is 2.94. The third kappa shape index (κ3) is 3.95. The minimum Gasteiger partial charge on any atom is -0.493 e. The van der Waals surface area contributed by atoms with Gasteiger partial charge < -0.3 is 14.2 Å². The topological polar surface area (TPSA) is 57.7 Å². The molecule has 0 amide bonds. The van der Waals surface area contributed by atoms with Crippen molar-refractivity contribution in [2.45, 2.75) is 6.42 Å². The van der Waals surface area contributed by atoms with Crippen LogP contribution in [0.15, 0.2) is 42.6 Å². The lowest BCUT2D eigenvalue weighted by atomic mass is 10.2. The van der Waals surface area contributed by atoms with E-state index in [1.165, 1.54) is 7.11 Å². The lowest BCUT2D eigenvalue weighted by molar-refractivity contribution is 0.0508. The summed E-state index contributed by atoms with van der Waals surface area (Å²) in [6, 6.07) is 10.6. The van der Waals surface area contributed by atoms with Gasteiger partial charge in [0.05, 0.1) is 26.4 Å². The Labute approximate surface area is 123 Å². The highest BCUT2D eigenvalue weighted by molar-refractivity contribution is 5.90. The standard InChI is InChI=1S/C16H17NO4/c1-19-14-7-6-12(11-15(14)20-2)16(18)21-10-8-13-5-3-4-9-17-13/h3-7,9,11H,8,10H2,1-2H3. The van der Waals surface area contributed by atoms with Gasteiger partial charge in [-0.25, -0.2) is 4.79 Å². The van der Waals surface area contributed by atoms with E-state index in [0.29, 0.717) is 23.5 Å². The van der Waals surface area contributed by atoms with Crippen LogP contribution in [0, 0.1) is 0 Å². The molecular weight excluding hydrogens is 270 g/mol. The maximum absolute atomic E-state index is 12.0. The zero-order chi connectivity index (χ0) is 15.1. The van der Waals surface area contributed by atoms with Crippen molar-refractivity contribution >= 4 is 5.97 Å². The van der Waals surface area contributed by atoms with E-state index >= 15 is 0 Å². The molecule has 1 aromatic carbocycles. The van der Waals surface area contributed by atoms with Crippen LogP contribution in [0.2, 0.25) is 0 Å². The molecule has 0 bridgehead atoms. The van der Waals surface area contributed by atoms with Crippen LogP contribution in [-0.4, -0.2) is 31.8 Å². The Morgan fingerprint density at radius 2 is 1.90 bits per heavy atom. The molecule has 0 aliphatic carbocycles. The van der Waals surface area contributed by atoms with Crippen molar-refractivity contribution < 1.29 is 19.0 Å². The van der Waals surface area contributed by atoms with Crippen LogP contribution in [0.5, 0.6) is 11.5 Å². The van der Waals surface area contributed by atoms with E-state index in [-0.39, 0.29) is 6.61 Å². The van der Waals surface area contributed by atoms with Gasteiger partial charge in [-0.2, -0.15) is 0 Å². The fraction of sp³-hybridized carbons (Fsp3) is 0.250. The van der Waals surface area contributed by atoms with E-state index < -0.39 is 5.97 Å². The maximum atomic E-state index is 12.0. The number of esters is 1. The van der Waals surface area contributed by atoms with Crippen molar-refractivity contribution in [3.05, 3.63) is 53.9 Å². The monoisotopic (exact) mass is 287 g/mol. The SMILES string of the molecule is COc1ccc(C(=O)OCCc2ccccn2)cc1OC. The molecule has 5 nitrogen and oxygen atoms in total. The van der Waals surface area contributed by atoms with Gasteiger partial charge in [0, 0.05) is 18.3 Å². The first kappa shape index (κ1) is 14.8. The molecule has 0 spiro atoms. The van der Waals surface area contributed by atoms with Gasteiger partial charge in [0.15, 0.2) is 11.5 Å². The highest BCUT2D eigenvalue weighted by Gasteiger charge is 2.11. The average molecular weight is 287 g/mol. The molecule has 0 radical (unpaired) electrons.